The number of amides is 1. The van der Waals surface area contributed by atoms with Gasteiger partial charge in [0.1, 0.15) is 0 Å². The van der Waals surface area contributed by atoms with E-state index < -0.39 is 0 Å². The van der Waals surface area contributed by atoms with E-state index in [4.69, 9.17) is 4.52 Å². The molecule has 3 aromatic heterocycles. The molecule has 3 rings (SSSR count). The van der Waals surface area contributed by atoms with Crippen LogP contribution in [0.4, 0.5) is 0 Å². The van der Waals surface area contributed by atoms with E-state index in [-0.39, 0.29) is 5.91 Å². The number of thiophene rings is 2. The maximum absolute atomic E-state index is 12.1. The van der Waals surface area contributed by atoms with Gasteiger partial charge in [0, 0.05) is 11.9 Å². The molecule has 0 unspecified atom stereocenters. The summed E-state index contributed by atoms with van der Waals surface area (Å²) in [5.74, 6) is 1.05. The minimum Gasteiger partial charge on any atom is -0.337 e. The van der Waals surface area contributed by atoms with Gasteiger partial charge in [-0.25, -0.2) is 0 Å². The summed E-state index contributed by atoms with van der Waals surface area (Å²) in [6.45, 7) is 0.322. The van der Waals surface area contributed by atoms with Crippen LogP contribution in [0.15, 0.2) is 39.5 Å². The Kier molecular flexibility index (Phi) is 4.12. The van der Waals surface area contributed by atoms with Crippen LogP contribution in [-0.2, 0) is 17.8 Å². The SMILES string of the molecule is CN(Cc1nc(-c2cccs2)no1)C(=O)Cc1cccs1. The van der Waals surface area contributed by atoms with Crippen molar-refractivity contribution in [2.45, 2.75) is 13.0 Å². The Hall–Kier alpha value is -1.99. The molecule has 3 aromatic rings. The molecule has 0 radical (unpaired) electrons. The summed E-state index contributed by atoms with van der Waals surface area (Å²) in [6.07, 6.45) is 0.403. The van der Waals surface area contributed by atoms with Gasteiger partial charge in [-0.05, 0) is 22.9 Å². The van der Waals surface area contributed by atoms with Crippen molar-refractivity contribution in [1.29, 1.82) is 0 Å². The van der Waals surface area contributed by atoms with Crippen LogP contribution in [0.2, 0.25) is 0 Å². The summed E-state index contributed by atoms with van der Waals surface area (Å²) in [7, 11) is 1.74. The molecule has 0 N–H and O–H groups in total. The maximum Gasteiger partial charge on any atom is 0.246 e. The highest BCUT2D eigenvalue weighted by Gasteiger charge is 2.15. The molecule has 21 heavy (non-hydrogen) atoms. The van der Waals surface area contributed by atoms with Gasteiger partial charge in [0.25, 0.3) is 0 Å². The van der Waals surface area contributed by atoms with Gasteiger partial charge in [0.15, 0.2) is 0 Å². The second kappa shape index (κ2) is 6.19. The molecule has 0 aliphatic rings. The van der Waals surface area contributed by atoms with Crippen molar-refractivity contribution in [3.8, 4) is 10.7 Å². The van der Waals surface area contributed by atoms with E-state index in [2.05, 4.69) is 10.1 Å². The Morgan fingerprint density at radius 1 is 1.29 bits per heavy atom. The summed E-state index contributed by atoms with van der Waals surface area (Å²) in [4.78, 5) is 20.0. The van der Waals surface area contributed by atoms with E-state index in [0.717, 1.165) is 9.75 Å². The van der Waals surface area contributed by atoms with E-state index in [0.29, 0.717) is 24.7 Å². The zero-order valence-electron chi connectivity index (χ0n) is 11.4. The van der Waals surface area contributed by atoms with Gasteiger partial charge >= 0.3 is 0 Å². The molecule has 0 spiro atoms. The lowest BCUT2D eigenvalue weighted by atomic mass is 10.3. The highest BCUT2D eigenvalue weighted by atomic mass is 32.1. The van der Waals surface area contributed by atoms with E-state index in [1.807, 2.05) is 35.0 Å². The Balaban J connectivity index is 1.62. The lowest BCUT2D eigenvalue weighted by molar-refractivity contribution is -0.129. The van der Waals surface area contributed by atoms with Crippen molar-refractivity contribution in [3.63, 3.8) is 0 Å². The van der Waals surface area contributed by atoms with Crippen molar-refractivity contribution in [3.05, 3.63) is 45.8 Å². The van der Waals surface area contributed by atoms with Crippen molar-refractivity contribution in [1.82, 2.24) is 15.0 Å². The fraction of sp³-hybridized carbons (Fsp3) is 0.214. The van der Waals surface area contributed by atoms with E-state index in [1.165, 1.54) is 0 Å². The van der Waals surface area contributed by atoms with Gasteiger partial charge in [0.2, 0.25) is 17.6 Å². The highest BCUT2D eigenvalue weighted by molar-refractivity contribution is 7.13. The second-order valence-corrected chi connectivity index (χ2v) is 6.47. The predicted molar refractivity (Wildman–Crippen MR) is 82.1 cm³/mol. The first-order chi connectivity index (χ1) is 10.2. The maximum atomic E-state index is 12.1. The van der Waals surface area contributed by atoms with Crippen LogP contribution in [-0.4, -0.2) is 28.0 Å². The van der Waals surface area contributed by atoms with Crippen molar-refractivity contribution >= 4 is 28.6 Å². The highest BCUT2D eigenvalue weighted by Crippen LogP contribution is 2.21. The minimum atomic E-state index is 0.0355. The first-order valence-electron chi connectivity index (χ1n) is 6.35. The molecule has 0 saturated heterocycles. The van der Waals surface area contributed by atoms with E-state index in [1.54, 1.807) is 34.6 Å². The molecule has 108 valence electrons. The molecular formula is C14H13N3O2S2. The van der Waals surface area contributed by atoms with E-state index >= 15 is 0 Å². The number of hydrogen-bond donors (Lipinski definition) is 0. The van der Waals surface area contributed by atoms with Gasteiger partial charge in [0.05, 0.1) is 17.8 Å². The molecule has 7 heteroatoms. The first-order valence-corrected chi connectivity index (χ1v) is 8.11. The molecule has 0 saturated carbocycles. The minimum absolute atomic E-state index is 0.0355. The molecule has 0 aliphatic heterocycles. The normalized spacial score (nSPS) is 10.7. The average Bonchev–Trinajstić information content (AvgIpc) is 3.20. The van der Waals surface area contributed by atoms with Crippen LogP contribution in [0.3, 0.4) is 0 Å². The number of rotatable bonds is 5. The summed E-state index contributed by atoms with van der Waals surface area (Å²) >= 11 is 3.13. The fourth-order valence-electron chi connectivity index (χ4n) is 1.81. The number of likely N-dealkylation sites (N-methyl/N-ethyl adjacent to an activating group) is 1. The van der Waals surface area contributed by atoms with Gasteiger partial charge in [-0.3, -0.25) is 4.79 Å². The fourth-order valence-corrected chi connectivity index (χ4v) is 3.16. The molecule has 0 atom stereocenters. The van der Waals surface area contributed by atoms with Crippen molar-refractivity contribution < 1.29 is 9.32 Å². The Morgan fingerprint density at radius 2 is 2.10 bits per heavy atom. The molecule has 5 nitrogen and oxygen atoms in total. The number of carbonyl (C=O) groups is 1. The predicted octanol–water partition coefficient (Wildman–Crippen LogP) is 3.06. The van der Waals surface area contributed by atoms with Crippen LogP contribution < -0.4 is 0 Å². The quantitative estimate of drug-likeness (QED) is 0.725. The number of hydrogen-bond acceptors (Lipinski definition) is 6. The Bertz CT molecular complexity index is 705. The van der Waals surface area contributed by atoms with Gasteiger partial charge < -0.3 is 9.42 Å². The van der Waals surface area contributed by atoms with Crippen LogP contribution in [0, 0.1) is 0 Å². The van der Waals surface area contributed by atoms with Crippen LogP contribution >= 0.6 is 22.7 Å². The first kappa shape index (κ1) is 14.0. The number of carbonyl (C=O) groups excluding carboxylic acids is 1. The zero-order valence-corrected chi connectivity index (χ0v) is 13.0. The van der Waals surface area contributed by atoms with Crippen molar-refractivity contribution in [2.24, 2.45) is 0 Å². The molecule has 0 bridgehead atoms. The Labute approximate surface area is 129 Å². The molecular weight excluding hydrogens is 306 g/mol. The smallest absolute Gasteiger partial charge is 0.246 e. The van der Waals surface area contributed by atoms with Crippen LogP contribution in [0.25, 0.3) is 10.7 Å². The second-order valence-electron chi connectivity index (χ2n) is 4.49. The Morgan fingerprint density at radius 3 is 2.81 bits per heavy atom. The zero-order chi connectivity index (χ0) is 14.7. The monoisotopic (exact) mass is 319 g/mol. The largest absolute Gasteiger partial charge is 0.337 e. The van der Waals surface area contributed by atoms with Gasteiger partial charge in [-0.2, -0.15) is 4.98 Å². The third kappa shape index (κ3) is 3.37. The average molecular weight is 319 g/mol. The summed E-state index contributed by atoms with van der Waals surface area (Å²) in [5.41, 5.74) is 0. The standard InChI is InChI=1S/C14H13N3O2S2/c1-17(13(18)8-10-4-2-6-20-10)9-12-15-14(16-19-12)11-5-3-7-21-11/h2-7H,8-9H2,1H3. The third-order valence-electron chi connectivity index (χ3n) is 2.91. The summed E-state index contributed by atoms with van der Waals surface area (Å²) in [6, 6.07) is 7.77. The van der Waals surface area contributed by atoms with Crippen LogP contribution in [0.1, 0.15) is 10.8 Å². The lowest BCUT2D eigenvalue weighted by Gasteiger charge is -2.13. The third-order valence-corrected chi connectivity index (χ3v) is 4.66. The van der Waals surface area contributed by atoms with Gasteiger partial charge in [-0.1, -0.05) is 17.3 Å². The van der Waals surface area contributed by atoms with E-state index in [9.17, 15) is 4.79 Å². The molecule has 0 aliphatic carbocycles. The molecule has 0 aromatic carbocycles. The summed E-state index contributed by atoms with van der Waals surface area (Å²) < 4.78 is 5.20. The molecule has 0 fully saturated rings. The lowest BCUT2D eigenvalue weighted by Crippen LogP contribution is -2.27. The summed E-state index contributed by atoms with van der Waals surface area (Å²) in [5, 5.41) is 7.86. The number of nitrogens with zero attached hydrogens (tertiary/aromatic N) is 3. The number of aromatic nitrogens is 2. The molecule has 1 amide bonds. The topological polar surface area (TPSA) is 59.2 Å². The van der Waals surface area contributed by atoms with Crippen molar-refractivity contribution in [2.75, 3.05) is 7.05 Å². The molecule has 3 heterocycles. The van der Waals surface area contributed by atoms with Crippen LogP contribution in [0.5, 0.6) is 0 Å². The van der Waals surface area contributed by atoms with Gasteiger partial charge in [-0.15, -0.1) is 22.7 Å².